The van der Waals surface area contributed by atoms with Crippen LogP contribution in [-0.4, -0.2) is 26.1 Å². The highest BCUT2D eigenvalue weighted by Crippen LogP contribution is 2.27. The summed E-state index contributed by atoms with van der Waals surface area (Å²) in [5, 5.41) is 12.4. The molecule has 1 atom stereocenters. The normalized spacial score (nSPS) is 12.8. The highest BCUT2D eigenvalue weighted by Gasteiger charge is 2.22. The van der Waals surface area contributed by atoms with E-state index >= 15 is 0 Å². The maximum Gasteiger partial charge on any atom is 0.0952 e. The van der Waals surface area contributed by atoms with Crippen molar-refractivity contribution in [1.29, 1.82) is 0 Å². The molecule has 2 rings (SSSR count). The summed E-state index contributed by atoms with van der Waals surface area (Å²) >= 11 is 3.60. The minimum atomic E-state index is 0.0645. The van der Waals surface area contributed by atoms with Crippen molar-refractivity contribution in [3.63, 3.8) is 0 Å². The van der Waals surface area contributed by atoms with Gasteiger partial charge in [0.15, 0.2) is 0 Å². The summed E-state index contributed by atoms with van der Waals surface area (Å²) in [7, 11) is 1.94. The average molecular weight is 326 g/mol. The minimum Gasteiger partial charge on any atom is -0.304 e. The van der Waals surface area contributed by atoms with Gasteiger partial charge in [0.2, 0.25) is 0 Å². The molecule has 2 aromatic rings. The summed E-state index contributed by atoms with van der Waals surface area (Å²) in [6.07, 6.45) is 4.88. The van der Waals surface area contributed by atoms with Crippen LogP contribution in [0.5, 0.6) is 0 Å². The van der Waals surface area contributed by atoms with Crippen LogP contribution in [0.15, 0.2) is 22.9 Å². The largest absolute Gasteiger partial charge is 0.304 e. The second-order valence-electron chi connectivity index (χ2n) is 4.51. The summed E-state index contributed by atoms with van der Waals surface area (Å²) in [6, 6.07) is 2.11. The standard InChI is InChI=1S/C13H20BrN5/c1-4-7-19-13(10(14)9-16-19)12(15-5-2)11-6-8-18(3)17-11/h6,8-9,12,15H,4-5,7H2,1-3H3. The maximum atomic E-state index is 4.52. The molecule has 0 amide bonds. The zero-order valence-electron chi connectivity index (χ0n) is 11.6. The minimum absolute atomic E-state index is 0.0645. The molecule has 0 saturated heterocycles. The molecule has 5 nitrogen and oxygen atoms in total. The van der Waals surface area contributed by atoms with E-state index in [1.54, 1.807) is 0 Å². The van der Waals surface area contributed by atoms with Crippen molar-refractivity contribution in [2.45, 2.75) is 32.9 Å². The molecule has 0 saturated carbocycles. The first kappa shape index (κ1) is 14.3. The lowest BCUT2D eigenvalue weighted by Gasteiger charge is -2.18. The van der Waals surface area contributed by atoms with E-state index in [2.05, 4.69) is 45.3 Å². The molecular formula is C13H20BrN5. The fourth-order valence-electron chi connectivity index (χ4n) is 2.18. The first-order valence-corrected chi connectivity index (χ1v) is 7.40. The molecule has 0 aliphatic heterocycles. The number of aromatic nitrogens is 4. The lowest BCUT2D eigenvalue weighted by atomic mass is 10.1. The number of hydrogen-bond donors (Lipinski definition) is 1. The fraction of sp³-hybridized carbons (Fsp3) is 0.538. The Morgan fingerprint density at radius 1 is 1.42 bits per heavy atom. The van der Waals surface area contributed by atoms with Gasteiger partial charge >= 0.3 is 0 Å². The third-order valence-electron chi connectivity index (χ3n) is 2.98. The number of hydrogen-bond acceptors (Lipinski definition) is 3. The Labute approximate surface area is 122 Å². The molecule has 0 spiro atoms. The van der Waals surface area contributed by atoms with E-state index in [0.717, 1.165) is 35.4 Å². The molecule has 0 aliphatic rings. The molecule has 0 radical (unpaired) electrons. The van der Waals surface area contributed by atoms with Crippen LogP contribution in [0.3, 0.4) is 0 Å². The average Bonchev–Trinajstić information content (AvgIpc) is 2.95. The third kappa shape index (κ3) is 3.06. The SMILES string of the molecule is CCCn1ncc(Br)c1C(NCC)c1ccn(C)n1. The van der Waals surface area contributed by atoms with Gasteiger partial charge in [0.25, 0.3) is 0 Å². The Kier molecular flexibility index (Phi) is 4.76. The Morgan fingerprint density at radius 2 is 2.21 bits per heavy atom. The fourth-order valence-corrected chi connectivity index (χ4v) is 2.71. The predicted molar refractivity (Wildman–Crippen MR) is 78.9 cm³/mol. The van der Waals surface area contributed by atoms with Crippen LogP contribution in [0.25, 0.3) is 0 Å². The number of nitrogens with zero attached hydrogens (tertiary/aromatic N) is 4. The Hall–Kier alpha value is -1.14. The smallest absolute Gasteiger partial charge is 0.0952 e. The van der Waals surface area contributed by atoms with Crippen molar-refractivity contribution in [3.05, 3.63) is 34.3 Å². The molecular weight excluding hydrogens is 306 g/mol. The van der Waals surface area contributed by atoms with Crippen molar-refractivity contribution in [2.24, 2.45) is 7.05 Å². The Morgan fingerprint density at radius 3 is 2.79 bits per heavy atom. The molecule has 104 valence electrons. The van der Waals surface area contributed by atoms with Crippen molar-refractivity contribution in [2.75, 3.05) is 6.54 Å². The van der Waals surface area contributed by atoms with Gasteiger partial charge in [0.05, 0.1) is 28.1 Å². The lowest BCUT2D eigenvalue weighted by Crippen LogP contribution is -2.26. The molecule has 1 unspecified atom stereocenters. The molecule has 6 heteroatoms. The van der Waals surface area contributed by atoms with Gasteiger partial charge in [-0.25, -0.2) is 0 Å². The molecule has 0 bridgehead atoms. The first-order valence-electron chi connectivity index (χ1n) is 6.61. The number of nitrogens with one attached hydrogen (secondary N) is 1. The van der Waals surface area contributed by atoms with Gasteiger partial charge in [-0.2, -0.15) is 10.2 Å². The predicted octanol–water partition coefficient (Wildman–Crippen LogP) is 2.49. The molecule has 1 N–H and O–H groups in total. The molecule has 0 aliphatic carbocycles. The van der Waals surface area contributed by atoms with Gasteiger partial charge in [-0.3, -0.25) is 9.36 Å². The maximum absolute atomic E-state index is 4.52. The highest BCUT2D eigenvalue weighted by molar-refractivity contribution is 9.10. The van der Waals surface area contributed by atoms with Crippen molar-refractivity contribution >= 4 is 15.9 Å². The summed E-state index contributed by atoms with van der Waals surface area (Å²) in [6.45, 7) is 6.05. The van der Waals surface area contributed by atoms with Gasteiger partial charge in [-0.1, -0.05) is 13.8 Å². The number of rotatable bonds is 6. The van der Waals surface area contributed by atoms with Crippen LogP contribution in [0.4, 0.5) is 0 Å². The van der Waals surface area contributed by atoms with E-state index in [1.165, 1.54) is 0 Å². The summed E-state index contributed by atoms with van der Waals surface area (Å²) < 4.78 is 4.90. The molecule has 2 heterocycles. The van der Waals surface area contributed by atoms with E-state index in [1.807, 2.05) is 34.9 Å². The summed E-state index contributed by atoms with van der Waals surface area (Å²) in [5.41, 5.74) is 2.16. The zero-order valence-corrected chi connectivity index (χ0v) is 13.2. The van der Waals surface area contributed by atoms with Crippen LogP contribution < -0.4 is 5.32 Å². The highest BCUT2D eigenvalue weighted by atomic mass is 79.9. The van der Waals surface area contributed by atoms with E-state index in [0.29, 0.717) is 0 Å². The number of halogens is 1. The lowest BCUT2D eigenvalue weighted by molar-refractivity contribution is 0.509. The van der Waals surface area contributed by atoms with Crippen LogP contribution in [0.2, 0.25) is 0 Å². The Balaban J connectivity index is 2.41. The van der Waals surface area contributed by atoms with Crippen molar-refractivity contribution in [1.82, 2.24) is 24.9 Å². The number of aryl methyl sites for hydroxylation is 2. The quantitative estimate of drug-likeness (QED) is 0.887. The van der Waals surface area contributed by atoms with Gasteiger partial charge in [-0.05, 0) is 35.0 Å². The summed E-state index contributed by atoms with van der Waals surface area (Å²) in [5.74, 6) is 0. The summed E-state index contributed by atoms with van der Waals surface area (Å²) in [4.78, 5) is 0. The van der Waals surface area contributed by atoms with Gasteiger partial charge in [0, 0.05) is 19.8 Å². The van der Waals surface area contributed by atoms with Crippen LogP contribution >= 0.6 is 15.9 Å². The van der Waals surface area contributed by atoms with E-state index in [4.69, 9.17) is 0 Å². The monoisotopic (exact) mass is 325 g/mol. The second kappa shape index (κ2) is 6.34. The van der Waals surface area contributed by atoms with Gasteiger partial charge < -0.3 is 5.32 Å². The molecule has 0 aromatic carbocycles. The zero-order chi connectivity index (χ0) is 13.8. The molecule has 19 heavy (non-hydrogen) atoms. The van der Waals surface area contributed by atoms with E-state index in [-0.39, 0.29) is 6.04 Å². The van der Waals surface area contributed by atoms with E-state index < -0.39 is 0 Å². The third-order valence-corrected chi connectivity index (χ3v) is 3.59. The Bertz CT molecular complexity index is 531. The van der Waals surface area contributed by atoms with E-state index in [9.17, 15) is 0 Å². The van der Waals surface area contributed by atoms with Crippen LogP contribution in [0.1, 0.15) is 37.7 Å². The van der Waals surface area contributed by atoms with Gasteiger partial charge in [0.1, 0.15) is 0 Å². The van der Waals surface area contributed by atoms with Gasteiger partial charge in [-0.15, -0.1) is 0 Å². The van der Waals surface area contributed by atoms with Crippen molar-refractivity contribution in [3.8, 4) is 0 Å². The first-order chi connectivity index (χ1) is 9.17. The van der Waals surface area contributed by atoms with Crippen LogP contribution in [0, 0.1) is 0 Å². The van der Waals surface area contributed by atoms with Crippen molar-refractivity contribution < 1.29 is 0 Å². The second-order valence-corrected chi connectivity index (χ2v) is 5.36. The topological polar surface area (TPSA) is 47.7 Å². The molecule has 2 aromatic heterocycles. The van der Waals surface area contributed by atoms with Crippen LogP contribution in [-0.2, 0) is 13.6 Å². The molecule has 0 fully saturated rings.